The van der Waals surface area contributed by atoms with Crippen molar-refractivity contribution in [1.29, 1.82) is 0 Å². The van der Waals surface area contributed by atoms with Crippen molar-refractivity contribution in [3.05, 3.63) is 47.2 Å². The molecule has 1 aliphatic carbocycles. The topological polar surface area (TPSA) is 65.0 Å². The molecule has 2 heterocycles. The number of rotatable bonds is 4. The Hall–Kier alpha value is -2.27. The molecule has 0 bridgehead atoms. The molecule has 0 aromatic heterocycles. The fraction of sp³-hybridized carbons (Fsp3) is 0.542. The number of nitrogens with zero attached hydrogens (tertiary/aromatic N) is 1. The first-order valence-corrected chi connectivity index (χ1v) is 10.5. The minimum atomic E-state index is -0.581. The maximum Gasteiger partial charge on any atom is 0.315 e. The van der Waals surface area contributed by atoms with E-state index in [0.717, 1.165) is 42.8 Å². The summed E-state index contributed by atoms with van der Waals surface area (Å²) in [7, 11) is 0. The second kappa shape index (κ2) is 7.86. The molecule has 0 radical (unpaired) electrons. The van der Waals surface area contributed by atoms with Gasteiger partial charge in [0.1, 0.15) is 12.5 Å². The molecule has 154 valence electrons. The second-order valence-corrected chi connectivity index (χ2v) is 9.19. The summed E-state index contributed by atoms with van der Waals surface area (Å²) in [6, 6.07) is 9.81. The Labute approximate surface area is 172 Å². The summed E-state index contributed by atoms with van der Waals surface area (Å²) < 4.78 is 11.2. The number of ketones is 1. The number of benzene rings is 1. The molecule has 1 aromatic carbocycles. The van der Waals surface area contributed by atoms with Crippen molar-refractivity contribution in [1.82, 2.24) is 0 Å². The number of carbonyl (C=O) groups is 2. The summed E-state index contributed by atoms with van der Waals surface area (Å²) >= 11 is 0. The Balaban J connectivity index is 1.69. The van der Waals surface area contributed by atoms with Gasteiger partial charge in [0.15, 0.2) is 5.78 Å². The number of ether oxygens (including phenoxy) is 2. The van der Waals surface area contributed by atoms with Crippen LogP contribution in [0.15, 0.2) is 46.6 Å². The zero-order valence-corrected chi connectivity index (χ0v) is 17.4. The summed E-state index contributed by atoms with van der Waals surface area (Å²) in [5.41, 5.74) is 3.09. The average molecular weight is 395 g/mol. The highest BCUT2D eigenvalue weighted by Gasteiger charge is 2.46. The van der Waals surface area contributed by atoms with Crippen LogP contribution < -0.4 is 0 Å². The summed E-state index contributed by atoms with van der Waals surface area (Å²) in [5.74, 6) is -1.15. The molecule has 2 aliphatic heterocycles. The van der Waals surface area contributed by atoms with Crippen molar-refractivity contribution in [3.63, 3.8) is 0 Å². The fourth-order valence-electron chi connectivity index (χ4n) is 4.81. The van der Waals surface area contributed by atoms with Gasteiger partial charge in [0.25, 0.3) is 0 Å². The minimum Gasteiger partial charge on any atom is -0.462 e. The van der Waals surface area contributed by atoms with Gasteiger partial charge in [0.2, 0.25) is 0 Å². The zero-order valence-electron chi connectivity index (χ0n) is 17.4. The monoisotopic (exact) mass is 395 g/mol. The molecule has 29 heavy (non-hydrogen) atoms. The van der Waals surface area contributed by atoms with Gasteiger partial charge in [-0.25, -0.2) is 0 Å². The van der Waals surface area contributed by atoms with E-state index in [-0.39, 0.29) is 35.8 Å². The second-order valence-electron chi connectivity index (χ2n) is 9.19. The Morgan fingerprint density at radius 1 is 1.24 bits per heavy atom. The van der Waals surface area contributed by atoms with Crippen molar-refractivity contribution in [2.75, 3.05) is 13.2 Å². The molecule has 1 unspecified atom stereocenters. The van der Waals surface area contributed by atoms with E-state index in [0.29, 0.717) is 12.0 Å². The van der Waals surface area contributed by atoms with Gasteiger partial charge in [-0.05, 0) is 37.2 Å². The summed E-state index contributed by atoms with van der Waals surface area (Å²) in [5, 5.41) is 0. The van der Waals surface area contributed by atoms with Crippen LogP contribution in [-0.2, 0) is 19.1 Å². The third kappa shape index (κ3) is 4.06. The number of hydrogen-bond donors (Lipinski definition) is 0. The maximum absolute atomic E-state index is 13.2. The number of allylic oxidation sites excluding steroid dienone is 2. The molecule has 1 fully saturated rings. The first kappa shape index (κ1) is 20.0. The lowest BCUT2D eigenvalue weighted by molar-refractivity contribution is -0.149. The van der Waals surface area contributed by atoms with E-state index in [9.17, 15) is 9.59 Å². The van der Waals surface area contributed by atoms with E-state index >= 15 is 0 Å². The minimum absolute atomic E-state index is 0.0261. The molecule has 1 aromatic rings. The van der Waals surface area contributed by atoms with Crippen molar-refractivity contribution < 1.29 is 19.1 Å². The van der Waals surface area contributed by atoms with Gasteiger partial charge in [-0.3, -0.25) is 14.6 Å². The lowest BCUT2D eigenvalue weighted by Gasteiger charge is -2.39. The summed E-state index contributed by atoms with van der Waals surface area (Å²) in [4.78, 5) is 31.1. The van der Waals surface area contributed by atoms with Gasteiger partial charge in [-0.1, -0.05) is 44.2 Å². The summed E-state index contributed by atoms with van der Waals surface area (Å²) in [6.07, 6.45) is 3.10. The highest BCUT2D eigenvalue weighted by Crippen LogP contribution is 2.47. The van der Waals surface area contributed by atoms with Crippen LogP contribution in [0.4, 0.5) is 0 Å². The molecule has 5 nitrogen and oxygen atoms in total. The van der Waals surface area contributed by atoms with Crippen molar-refractivity contribution in [2.24, 2.45) is 16.3 Å². The van der Waals surface area contributed by atoms with Gasteiger partial charge in [0, 0.05) is 35.9 Å². The van der Waals surface area contributed by atoms with E-state index in [1.165, 1.54) is 0 Å². The smallest absolute Gasteiger partial charge is 0.315 e. The number of Topliss-reactive ketones (excluding diaryl/α,β-unsaturated/α-hetero) is 1. The van der Waals surface area contributed by atoms with E-state index in [1.54, 1.807) is 0 Å². The van der Waals surface area contributed by atoms with Crippen LogP contribution in [-0.4, -0.2) is 36.8 Å². The van der Waals surface area contributed by atoms with E-state index in [4.69, 9.17) is 14.5 Å². The molecule has 0 amide bonds. The number of aliphatic imine (C=N–C) groups is 1. The Kier molecular flexibility index (Phi) is 5.43. The summed E-state index contributed by atoms with van der Waals surface area (Å²) in [6.45, 7) is 7.05. The Morgan fingerprint density at radius 3 is 2.69 bits per heavy atom. The average Bonchev–Trinajstić information content (AvgIpc) is 3.18. The van der Waals surface area contributed by atoms with Crippen LogP contribution in [0.3, 0.4) is 0 Å². The molecule has 0 saturated carbocycles. The Morgan fingerprint density at radius 2 is 2.00 bits per heavy atom. The van der Waals surface area contributed by atoms with Gasteiger partial charge < -0.3 is 9.47 Å². The SMILES string of the molecule is CC1=NC2=C(C(=O)CC(C)(C)C2)[C@H](c2ccccc2)C1C(=O)OC[C@@H]1CCCO1. The van der Waals surface area contributed by atoms with E-state index in [2.05, 4.69) is 13.8 Å². The third-order valence-electron chi connectivity index (χ3n) is 6.15. The van der Waals surface area contributed by atoms with Crippen molar-refractivity contribution in [2.45, 2.75) is 58.5 Å². The molecule has 1 saturated heterocycles. The predicted molar refractivity (Wildman–Crippen MR) is 111 cm³/mol. The molecule has 3 aliphatic rings. The quantitative estimate of drug-likeness (QED) is 0.716. The molecule has 3 atom stereocenters. The highest BCUT2D eigenvalue weighted by molar-refractivity contribution is 6.09. The molecular formula is C24H29NO4. The lowest BCUT2D eigenvalue weighted by atomic mass is 9.67. The lowest BCUT2D eigenvalue weighted by Crippen LogP contribution is -2.40. The number of carbonyl (C=O) groups excluding carboxylic acids is 2. The van der Waals surface area contributed by atoms with Crippen LogP contribution >= 0.6 is 0 Å². The normalized spacial score (nSPS) is 28.7. The van der Waals surface area contributed by atoms with E-state index in [1.807, 2.05) is 37.3 Å². The van der Waals surface area contributed by atoms with Crippen LogP contribution in [0.5, 0.6) is 0 Å². The molecular weight excluding hydrogens is 366 g/mol. The van der Waals surface area contributed by atoms with Crippen molar-refractivity contribution in [3.8, 4) is 0 Å². The van der Waals surface area contributed by atoms with Crippen LogP contribution in [0, 0.1) is 11.3 Å². The molecule has 4 rings (SSSR count). The largest absolute Gasteiger partial charge is 0.462 e. The van der Waals surface area contributed by atoms with Crippen LogP contribution in [0.25, 0.3) is 0 Å². The molecule has 0 N–H and O–H groups in total. The van der Waals surface area contributed by atoms with Crippen molar-refractivity contribution >= 4 is 17.5 Å². The fourth-order valence-corrected chi connectivity index (χ4v) is 4.81. The number of hydrogen-bond acceptors (Lipinski definition) is 5. The number of esters is 1. The first-order valence-electron chi connectivity index (χ1n) is 10.5. The molecule has 5 heteroatoms. The standard InChI is InChI=1S/C24H29NO4/c1-15-20(23(27)29-14-17-10-7-11-28-17)21(16-8-5-4-6-9-16)22-18(25-15)12-24(2,3)13-19(22)26/h4-6,8-9,17,20-21H,7,10-14H2,1-3H3/t17-,20?,21+/m0/s1. The Bertz CT molecular complexity index is 862. The third-order valence-corrected chi connectivity index (χ3v) is 6.15. The first-order chi connectivity index (χ1) is 13.9. The van der Waals surface area contributed by atoms with Gasteiger partial charge in [-0.2, -0.15) is 0 Å². The molecule has 0 spiro atoms. The zero-order chi connectivity index (χ0) is 20.6. The maximum atomic E-state index is 13.2. The van der Waals surface area contributed by atoms with Gasteiger partial charge in [0.05, 0.1) is 6.10 Å². The predicted octanol–water partition coefficient (Wildman–Crippen LogP) is 4.23. The van der Waals surface area contributed by atoms with Crippen LogP contribution in [0.2, 0.25) is 0 Å². The highest BCUT2D eigenvalue weighted by atomic mass is 16.6. The van der Waals surface area contributed by atoms with Gasteiger partial charge in [-0.15, -0.1) is 0 Å². The van der Waals surface area contributed by atoms with Gasteiger partial charge >= 0.3 is 5.97 Å². The van der Waals surface area contributed by atoms with Crippen LogP contribution in [0.1, 0.15) is 57.9 Å². The van der Waals surface area contributed by atoms with E-state index < -0.39 is 5.92 Å².